The van der Waals surface area contributed by atoms with Gasteiger partial charge in [0.05, 0.1) is 5.69 Å². The van der Waals surface area contributed by atoms with E-state index in [0.29, 0.717) is 11.1 Å². The second kappa shape index (κ2) is 4.98. The quantitative estimate of drug-likeness (QED) is 0.690. The third kappa shape index (κ3) is 2.48. The fourth-order valence-electron chi connectivity index (χ4n) is 2.21. The number of carbonyl (C=O) groups excluding carboxylic acids is 2. The van der Waals surface area contributed by atoms with Gasteiger partial charge in [-0.05, 0) is 26.0 Å². The van der Waals surface area contributed by atoms with Crippen LogP contribution in [0, 0.1) is 0 Å². The van der Waals surface area contributed by atoms with E-state index >= 15 is 0 Å². The van der Waals surface area contributed by atoms with Crippen molar-refractivity contribution in [2.45, 2.75) is 13.8 Å². The number of hydrogen-bond acceptors (Lipinski definition) is 3. The summed E-state index contributed by atoms with van der Waals surface area (Å²) in [7, 11) is 0. The number of rotatable bonds is 3. The largest absolute Gasteiger partial charge is 0.306 e. The Balaban J connectivity index is 2.04. The number of nitrogens with zero attached hydrogens (tertiary/aromatic N) is 2. The first-order chi connectivity index (χ1) is 10.0. The smallest absolute Gasteiger partial charge is 0.161 e. The molecule has 104 valence electrons. The lowest BCUT2D eigenvalue weighted by Gasteiger charge is -1.98. The molecule has 0 aliphatic heterocycles. The van der Waals surface area contributed by atoms with Gasteiger partial charge < -0.3 is 4.40 Å². The lowest BCUT2D eigenvalue weighted by molar-refractivity contribution is 0.100. The summed E-state index contributed by atoms with van der Waals surface area (Å²) < 4.78 is 1.84. The molecule has 0 spiro atoms. The molecule has 0 bridgehead atoms. The van der Waals surface area contributed by atoms with E-state index in [2.05, 4.69) is 4.98 Å². The number of fused-ring (bicyclic) bond motifs is 1. The van der Waals surface area contributed by atoms with Crippen LogP contribution < -0.4 is 0 Å². The second-order valence-electron chi connectivity index (χ2n) is 5.00. The first-order valence-electron chi connectivity index (χ1n) is 6.65. The van der Waals surface area contributed by atoms with Gasteiger partial charge in [-0.25, -0.2) is 4.98 Å². The molecule has 0 N–H and O–H groups in total. The van der Waals surface area contributed by atoms with E-state index in [1.807, 2.05) is 28.8 Å². The summed E-state index contributed by atoms with van der Waals surface area (Å²) >= 11 is 0. The van der Waals surface area contributed by atoms with E-state index in [1.165, 1.54) is 0 Å². The Kier molecular flexibility index (Phi) is 3.14. The van der Waals surface area contributed by atoms with E-state index in [4.69, 9.17) is 0 Å². The van der Waals surface area contributed by atoms with Crippen molar-refractivity contribution in [2.24, 2.45) is 0 Å². The average molecular weight is 278 g/mol. The van der Waals surface area contributed by atoms with E-state index in [0.717, 1.165) is 16.9 Å². The molecule has 4 heteroatoms. The molecule has 3 aromatic rings. The Labute approximate surface area is 122 Å². The van der Waals surface area contributed by atoms with Crippen molar-refractivity contribution in [1.29, 1.82) is 0 Å². The zero-order valence-electron chi connectivity index (χ0n) is 11.8. The standard InChI is InChI=1S/C17H14N2O2/c1-11(20)13-3-5-14(6-4-13)16-10-19-9-15(12(2)21)7-8-17(19)18-16/h3-10H,1-2H3. The summed E-state index contributed by atoms with van der Waals surface area (Å²) in [4.78, 5) is 27.2. The molecule has 2 heterocycles. The number of hydrogen-bond donors (Lipinski definition) is 0. The molecule has 0 fully saturated rings. The number of aromatic nitrogens is 2. The average Bonchev–Trinajstić information content (AvgIpc) is 2.90. The monoisotopic (exact) mass is 278 g/mol. The number of carbonyl (C=O) groups is 2. The maximum Gasteiger partial charge on any atom is 0.161 e. The molecule has 0 amide bonds. The van der Waals surface area contributed by atoms with E-state index in [1.54, 1.807) is 38.2 Å². The molecule has 1 aromatic carbocycles. The topological polar surface area (TPSA) is 51.4 Å². The van der Waals surface area contributed by atoms with Crippen LogP contribution in [0.3, 0.4) is 0 Å². The van der Waals surface area contributed by atoms with Gasteiger partial charge >= 0.3 is 0 Å². The fraction of sp³-hybridized carbons (Fsp3) is 0.118. The van der Waals surface area contributed by atoms with Gasteiger partial charge in [0.1, 0.15) is 5.65 Å². The highest BCUT2D eigenvalue weighted by atomic mass is 16.1. The molecular weight excluding hydrogens is 264 g/mol. The maximum absolute atomic E-state index is 11.4. The zero-order chi connectivity index (χ0) is 15.0. The highest BCUT2D eigenvalue weighted by molar-refractivity contribution is 5.95. The van der Waals surface area contributed by atoms with E-state index in [-0.39, 0.29) is 11.6 Å². The highest BCUT2D eigenvalue weighted by Crippen LogP contribution is 2.20. The fourth-order valence-corrected chi connectivity index (χ4v) is 2.21. The number of pyridine rings is 1. The molecule has 0 aliphatic rings. The molecule has 0 saturated heterocycles. The number of benzene rings is 1. The molecule has 0 unspecified atom stereocenters. The van der Waals surface area contributed by atoms with Gasteiger partial charge in [0.15, 0.2) is 11.6 Å². The van der Waals surface area contributed by atoms with Crippen molar-refractivity contribution in [3.8, 4) is 11.3 Å². The van der Waals surface area contributed by atoms with Crippen LogP contribution in [0.1, 0.15) is 34.6 Å². The van der Waals surface area contributed by atoms with Crippen molar-refractivity contribution < 1.29 is 9.59 Å². The van der Waals surface area contributed by atoms with Gasteiger partial charge in [0.25, 0.3) is 0 Å². The molecule has 0 radical (unpaired) electrons. The Bertz CT molecular complexity index is 845. The van der Waals surface area contributed by atoms with Crippen molar-refractivity contribution >= 4 is 17.2 Å². The number of ketones is 2. The number of imidazole rings is 1. The molecule has 0 aliphatic carbocycles. The lowest BCUT2D eigenvalue weighted by Crippen LogP contribution is -1.94. The Morgan fingerprint density at radius 2 is 1.48 bits per heavy atom. The van der Waals surface area contributed by atoms with Crippen molar-refractivity contribution in [2.75, 3.05) is 0 Å². The van der Waals surface area contributed by atoms with Gasteiger partial charge in [-0.3, -0.25) is 9.59 Å². The van der Waals surface area contributed by atoms with Crippen LogP contribution in [-0.4, -0.2) is 21.0 Å². The summed E-state index contributed by atoms with van der Waals surface area (Å²) in [5.74, 6) is 0.0700. The summed E-state index contributed by atoms with van der Waals surface area (Å²) in [6.45, 7) is 3.09. The molecular formula is C17H14N2O2. The minimum atomic E-state index is 0.0259. The normalized spacial score (nSPS) is 10.8. The van der Waals surface area contributed by atoms with Crippen LogP contribution in [0.25, 0.3) is 16.9 Å². The third-order valence-corrected chi connectivity index (χ3v) is 3.44. The molecule has 2 aromatic heterocycles. The van der Waals surface area contributed by atoms with Crippen LogP contribution in [0.2, 0.25) is 0 Å². The molecule has 21 heavy (non-hydrogen) atoms. The second-order valence-corrected chi connectivity index (χ2v) is 5.00. The lowest BCUT2D eigenvalue weighted by atomic mass is 10.1. The van der Waals surface area contributed by atoms with Gasteiger partial charge in [0.2, 0.25) is 0 Å². The highest BCUT2D eigenvalue weighted by Gasteiger charge is 2.07. The molecule has 0 atom stereocenters. The SMILES string of the molecule is CC(=O)c1ccc(-c2cn3cc(C(C)=O)ccc3n2)cc1. The van der Waals surface area contributed by atoms with Crippen LogP contribution in [0.5, 0.6) is 0 Å². The first-order valence-corrected chi connectivity index (χ1v) is 6.65. The maximum atomic E-state index is 11.4. The predicted octanol–water partition coefficient (Wildman–Crippen LogP) is 3.41. The molecule has 4 nitrogen and oxygen atoms in total. The Morgan fingerprint density at radius 1 is 0.857 bits per heavy atom. The summed E-state index contributed by atoms with van der Waals surface area (Å²) in [6, 6.07) is 10.9. The van der Waals surface area contributed by atoms with Gasteiger partial charge in [-0.2, -0.15) is 0 Å². The Hall–Kier alpha value is -2.75. The number of Topliss-reactive ketones (excluding diaryl/α,β-unsaturated/α-hetero) is 2. The van der Waals surface area contributed by atoms with Crippen molar-refractivity contribution in [3.63, 3.8) is 0 Å². The summed E-state index contributed by atoms with van der Waals surface area (Å²) in [6.07, 6.45) is 3.66. The Morgan fingerprint density at radius 3 is 2.10 bits per heavy atom. The molecule has 3 rings (SSSR count). The predicted molar refractivity (Wildman–Crippen MR) is 80.6 cm³/mol. The van der Waals surface area contributed by atoms with Crippen LogP contribution >= 0.6 is 0 Å². The minimum absolute atomic E-state index is 0.0259. The van der Waals surface area contributed by atoms with Crippen LogP contribution in [-0.2, 0) is 0 Å². The van der Waals surface area contributed by atoms with E-state index in [9.17, 15) is 9.59 Å². The van der Waals surface area contributed by atoms with Gasteiger partial charge in [-0.1, -0.05) is 24.3 Å². The van der Waals surface area contributed by atoms with Gasteiger partial charge in [-0.15, -0.1) is 0 Å². The van der Waals surface area contributed by atoms with Crippen molar-refractivity contribution in [1.82, 2.24) is 9.38 Å². The minimum Gasteiger partial charge on any atom is -0.306 e. The first kappa shape index (κ1) is 13.2. The van der Waals surface area contributed by atoms with Crippen molar-refractivity contribution in [3.05, 3.63) is 59.9 Å². The third-order valence-electron chi connectivity index (χ3n) is 3.44. The zero-order valence-corrected chi connectivity index (χ0v) is 11.8. The summed E-state index contributed by atoms with van der Waals surface area (Å²) in [5, 5.41) is 0. The van der Waals surface area contributed by atoms with E-state index < -0.39 is 0 Å². The van der Waals surface area contributed by atoms with Crippen LogP contribution in [0.4, 0.5) is 0 Å². The van der Waals surface area contributed by atoms with Gasteiger partial charge in [0, 0.05) is 29.1 Å². The van der Waals surface area contributed by atoms with Crippen LogP contribution in [0.15, 0.2) is 48.8 Å². The summed E-state index contributed by atoms with van der Waals surface area (Å²) in [5.41, 5.74) is 3.87. The molecule has 0 saturated carbocycles.